The van der Waals surface area contributed by atoms with E-state index in [0.29, 0.717) is 38.1 Å². The van der Waals surface area contributed by atoms with Gasteiger partial charge >= 0.3 is 0 Å². The molecule has 2 aromatic carbocycles. The zero-order valence-corrected chi connectivity index (χ0v) is 21.1. The Balaban J connectivity index is 1.50. The van der Waals surface area contributed by atoms with E-state index in [1.807, 2.05) is 24.3 Å². The van der Waals surface area contributed by atoms with Gasteiger partial charge in [0.05, 0.1) is 6.04 Å². The molecule has 1 heterocycles. The lowest BCUT2D eigenvalue weighted by Gasteiger charge is -2.24. The average molecular weight is 511 g/mol. The van der Waals surface area contributed by atoms with Crippen LogP contribution in [0.4, 0.5) is 4.39 Å². The van der Waals surface area contributed by atoms with Crippen molar-refractivity contribution in [2.24, 2.45) is 5.92 Å². The molecule has 2 aromatic rings. The molecule has 1 fully saturated rings. The highest BCUT2D eigenvalue weighted by molar-refractivity contribution is 5.93. The molecule has 2 aliphatic rings. The summed E-state index contributed by atoms with van der Waals surface area (Å²) in [4.78, 5) is 39.0. The Kier molecular flexibility index (Phi) is 9.11. The first kappa shape index (κ1) is 26.6. The van der Waals surface area contributed by atoms with Gasteiger partial charge in [0, 0.05) is 19.5 Å². The minimum Gasteiger partial charge on any atom is -0.492 e. The summed E-state index contributed by atoms with van der Waals surface area (Å²) in [5.74, 6) is -0.389. The Morgan fingerprint density at radius 3 is 2.43 bits per heavy atom. The van der Waals surface area contributed by atoms with Gasteiger partial charge in [0.2, 0.25) is 17.7 Å². The van der Waals surface area contributed by atoms with Gasteiger partial charge in [0.25, 0.3) is 0 Å². The van der Waals surface area contributed by atoms with E-state index in [2.05, 4.69) is 21.3 Å². The second kappa shape index (κ2) is 12.7. The van der Waals surface area contributed by atoms with Gasteiger partial charge in [-0.25, -0.2) is 4.39 Å². The summed E-state index contributed by atoms with van der Waals surface area (Å²) >= 11 is 0. The van der Waals surface area contributed by atoms with Crippen LogP contribution in [0.15, 0.2) is 48.5 Å². The summed E-state index contributed by atoms with van der Waals surface area (Å²) < 4.78 is 19.4. The largest absolute Gasteiger partial charge is 0.492 e. The molecule has 37 heavy (non-hydrogen) atoms. The number of nitrogens with one attached hydrogen (secondary N) is 4. The summed E-state index contributed by atoms with van der Waals surface area (Å²) in [6.07, 6.45) is 3.51. The SMILES string of the molecule is C[C@H]1NC(=O)[C@H](C2CC2)NCCOc2ccccc2CCCNC(=O)[C@@H](Cc2ccc(F)cc2)NC1=O. The van der Waals surface area contributed by atoms with Crippen molar-refractivity contribution in [2.75, 3.05) is 19.7 Å². The van der Waals surface area contributed by atoms with Crippen LogP contribution in [-0.4, -0.2) is 55.5 Å². The normalized spacial score (nSPS) is 24.4. The Bertz CT molecular complexity index is 1090. The third-order valence-corrected chi connectivity index (χ3v) is 6.73. The van der Waals surface area contributed by atoms with Crippen molar-refractivity contribution in [1.29, 1.82) is 0 Å². The van der Waals surface area contributed by atoms with E-state index in [1.165, 1.54) is 12.1 Å². The number of ether oxygens (including phenoxy) is 1. The maximum absolute atomic E-state index is 13.4. The predicted octanol–water partition coefficient (Wildman–Crippen LogP) is 1.87. The van der Waals surface area contributed by atoms with E-state index in [-0.39, 0.29) is 30.0 Å². The first-order chi connectivity index (χ1) is 17.9. The standard InChI is InChI=1S/C28H35FN4O4/c1-18-26(34)33-23(17-19-8-12-22(29)13-9-19)27(35)31-14-4-6-20-5-2-3-7-24(20)37-16-15-30-25(21-10-11-21)28(36)32-18/h2-3,5,7-9,12-13,18,21,23,25,30H,4,6,10-11,14-17H2,1H3,(H,31,35)(H,32,36)(H,33,34)/t18-,23-,25+/m1/s1. The molecule has 4 rings (SSSR count). The lowest BCUT2D eigenvalue weighted by atomic mass is 10.0. The van der Waals surface area contributed by atoms with E-state index >= 15 is 0 Å². The molecule has 1 aliphatic carbocycles. The molecule has 0 radical (unpaired) electrons. The number of rotatable bonds is 3. The van der Waals surface area contributed by atoms with Crippen LogP contribution in [-0.2, 0) is 27.2 Å². The maximum atomic E-state index is 13.4. The van der Waals surface area contributed by atoms with Crippen molar-refractivity contribution >= 4 is 17.7 Å². The molecular weight excluding hydrogens is 475 g/mol. The summed E-state index contributed by atoms with van der Waals surface area (Å²) in [7, 11) is 0. The number of carbonyl (C=O) groups excluding carboxylic acids is 3. The van der Waals surface area contributed by atoms with Gasteiger partial charge < -0.3 is 26.0 Å². The van der Waals surface area contributed by atoms with Crippen LogP contribution in [0.25, 0.3) is 0 Å². The number of para-hydroxylation sites is 1. The first-order valence-electron chi connectivity index (χ1n) is 13.0. The topological polar surface area (TPSA) is 109 Å². The van der Waals surface area contributed by atoms with Gasteiger partial charge in [-0.3, -0.25) is 14.4 Å². The Hall–Kier alpha value is -3.46. The number of hydrogen-bond donors (Lipinski definition) is 4. The van der Waals surface area contributed by atoms with Crippen molar-refractivity contribution in [3.8, 4) is 5.75 Å². The number of carbonyl (C=O) groups is 3. The van der Waals surface area contributed by atoms with Crippen molar-refractivity contribution in [3.05, 3.63) is 65.5 Å². The van der Waals surface area contributed by atoms with E-state index in [4.69, 9.17) is 4.74 Å². The lowest BCUT2D eigenvalue weighted by Crippen LogP contribution is -2.56. The van der Waals surface area contributed by atoms with E-state index in [0.717, 1.165) is 24.2 Å². The fourth-order valence-electron chi connectivity index (χ4n) is 4.47. The van der Waals surface area contributed by atoms with Gasteiger partial charge in [0.15, 0.2) is 0 Å². The summed E-state index contributed by atoms with van der Waals surface area (Å²) in [6.45, 7) is 2.92. The number of fused-ring (bicyclic) bond motifs is 1. The maximum Gasteiger partial charge on any atom is 0.242 e. The van der Waals surface area contributed by atoms with Crippen LogP contribution in [0.5, 0.6) is 5.75 Å². The van der Waals surface area contributed by atoms with Gasteiger partial charge in [-0.15, -0.1) is 0 Å². The van der Waals surface area contributed by atoms with Gasteiger partial charge in [-0.05, 0) is 67.9 Å². The monoisotopic (exact) mass is 510 g/mol. The molecule has 0 spiro atoms. The van der Waals surface area contributed by atoms with Crippen molar-refractivity contribution in [2.45, 2.75) is 57.2 Å². The number of amides is 3. The van der Waals surface area contributed by atoms with Crippen molar-refractivity contribution < 1.29 is 23.5 Å². The fraction of sp³-hybridized carbons (Fsp3) is 0.464. The highest BCUT2D eigenvalue weighted by Crippen LogP contribution is 2.32. The second-order valence-corrected chi connectivity index (χ2v) is 9.74. The van der Waals surface area contributed by atoms with Gasteiger partial charge in [-0.2, -0.15) is 0 Å². The first-order valence-corrected chi connectivity index (χ1v) is 13.0. The Labute approximate surface area is 216 Å². The lowest BCUT2D eigenvalue weighted by molar-refractivity contribution is -0.132. The molecule has 0 bridgehead atoms. The average Bonchev–Trinajstić information content (AvgIpc) is 3.72. The second-order valence-electron chi connectivity index (χ2n) is 9.74. The molecule has 1 aliphatic heterocycles. The van der Waals surface area contributed by atoms with Gasteiger partial charge in [-0.1, -0.05) is 30.3 Å². The van der Waals surface area contributed by atoms with E-state index in [1.54, 1.807) is 19.1 Å². The molecule has 198 valence electrons. The van der Waals surface area contributed by atoms with E-state index in [9.17, 15) is 18.8 Å². The van der Waals surface area contributed by atoms with Crippen LogP contribution in [0.3, 0.4) is 0 Å². The predicted molar refractivity (Wildman–Crippen MR) is 137 cm³/mol. The number of hydrogen-bond acceptors (Lipinski definition) is 5. The van der Waals surface area contributed by atoms with Gasteiger partial charge in [0.1, 0.15) is 30.3 Å². The van der Waals surface area contributed by atoms with Crippen molar-refractivity contribution in [1.82, 2.24) is 21.3 Å². The fourth-order valence-corrected chi connectivity index (χ4v) is 4.47. The quantitative estimate of drug-likeness (QED) is 0.504. The number of halogens is 1. The molecule has 0 unspecified atom stereocenters. The molecule has 1 saturated carbocycles. The van der Waals surface area contributed by atoms with E-state index < -0.39 is 24.0 Å². The summed E-state index contributed by atoms with van der Waals surface area (Å²) in [5, 5.41) is 11.8. The zero-order valence-electron chi connectivity index (χ0n) is 21.1. The highest BCUT2D eigenvalue weighted by Gasteiger charge is 2.37. The van der Waals surface area contributed by atoms with Crippen LogP contribution >= 0.6 is 0 Å². The molecule has 0 saturated heterocycles. The van der Waals surface area contributed by atoms with Crippen LogP contribution in [0, 0.1) is 11.7 Å². The Morgan fingerprint density at radius 1 is 0.919 bits per heavy atom. The molecule has 8 nitrogen and oxygen atoms in total. The Morgan fingerprint density at radius 2 is 1.68 bits per heavy atom. The third kappa shape index (κ3) is 7.76. The minimum absolute atomic E-state index is 0.196. The highest BCUT2D eigenvalue weighted by atomic mass is 19.1. The van der Waals surface area contributed by atoms with Crippen LogP contribution in [0.2, 0.25) is 0 Å². The molecule has 0 aromatic heterocycles. The zero-order chi connectivity index (χ0) is 26.2. The molecule has 9 heteroatoms. The molecule has 4 N–H and O–H groups in total. The molecule has 3 amide bonds. The van der Waals surface area contributed by atoms with Crippen LogP contribution < -0.4 is 26.0 Å². The molecular formula is C28H35FN4O4. The third-order valence-electron chi connectivity index (χ3n) is 6.73. The number of benzene rings is 2. The van der Waals surface area contributed by atoms with Crippen molar-refractivity contribution in [3.63, 3.8) is 0 Å². The smallest absolute Gasteiger partial charge is 0.242 e. The summed E-state index contributed by atoms with van der Waals surface area (Å²) in [6, 6.07) is 11.5. The molecule has 3 atom stereocenters. The minimum atomic E-state index is -0.871. The summed E-state index contributed by atoms with van der Waals surface area (Å²) in [5.41, 5.74) is 1.75. The number of aryl methyl sites for hydroxylation is 1. The van der Waals surface area contributed by atoms with Crippen LogP contribution in [0.1, 0.15) is 37.3 Å².